The summed E-state index contributed by atoms with van der Waals surface area (Å²) in [5.74, 6) is -0.892. The maximum absolute atomic E-state index is 11.7. The van der Waals surface area contributed by atoms with Crippen molar-refractivity contribution < 1.29 is 19.7 Å². The van der Waals surface area contributed by atoms with E-state index in [4.69, 9.17) is 0 Å². The van der Waals surface area contributed by atoms with Crippen molar-refractivity contribution in [2.75, 3.05) is 7.11 Å². The molecule has 4 heteroatoms. The van der Waals surface area contributed by atoms with Crippen LogP contribution in [-0.2, 0) is 11.2 Å². The first-order valence-electron chi connectivity index (χ1n) is 6.89. The molecule has 0 spiro atoms. The lowest BCUT2D eigenvalue weighted by Crippen LogP contribution is -2.04. The maximum atomic E-state index is 11.7. The summed E-state index contributed by atoms with van der Waals surface area (Å²) in [7, 11) is 1.25. The van der Waals surface area contributed by atoms with Gasteiger partial charge in [0.05, 0.1) is 7.11 Å². The fraction of sp³-hybridized carbons (Fsp3) is 0.167. The number of benzene rings is 2. The van der Waals surface area contributed by atoms with Crippen molar-refractivity contribution >= 4 is 12.0 Å². The summed E-state index contributed by atoms with van der Waals surface area (Å²) in [6, 6.07) is 11.2. The highest BCUT2D eigenvalue weighted by Gasteiger charge is 2.18. The van der Waals surface area contributed by atoms with Crippen LogP contribution in [0, 0.1) is 6.92 Å². The monoisotopic (exact) mass is 298 g/mol. The Bertz CT molecular complexity index is 703. The minimum Gasteiger partial charge on any atom is -0.507 e. The van der Waals surface area contributed by atoms with E-state index in [2.05, 4.69) is 4.74 Å². The summed E-state index contributed by atoms with van der Waals surface area (Å²) in [6.45, 7) is 1.56. The number of rotatable bonds is 4. The van der Waals surface area contributed by atoms with E-state index in [0.717, 1.165) is 5.56 Å². The fourth-order valence-corrected chi connectivity index (χ4v) is 2.17. The summed E-state index contributed by atoms with van der Waals surface area (Å²) in [5.41, 5.74) is 1.93. The standard InChI is InChI=1S/C18H18O4/c1-12-16(19)14(11-15(17(12)20)18(21)22-2)10-6-9-13-7-4-3-5-8-13/h3-9,11,19-20H,10H2,1-2H3/b9-6+. The Morgan fingerprint density at radius 1 is 1.18 bits per heavy atom. The van der Waals surface area contributed by atoms with Crippen LogP contribution in [-0.4, -0.2) is 23.3 Å². The molecule has 0 aliphatic carbocycles. The van der Waals surface area contributed by atoms with E-state index < -0.39 is 5.97 Å². The molecule has 2 aromatic carbocycles. The molecule has 0 unspecified atom stereocenters. The van der Waals surface area contributed by atoms with Gasteiger partial charge >= 0.3 is 5.97 Å². The Labute approximate surface area is 129 Å². The van der Waals surface area contributed by atoms with Crippen molar-refractivity contribution in [3.05, 3.63) is 64.7 Å². The van der Waals surface area contributed by atoms with Gasteiger partial charge in [0.25, 0.3) is 0 Å². The number of esters is 1. The van der Waals surface area contributed by atoms with Gasteiger partial charge in [0.15, 0.2) is 0 Å². The number of ether oxygens (including phenoxy) is 1. The predicted molar refractivity (Wildman–Crippen MR) is 85.0 cm³/mol. The van der Waals surface area contributed by atoms with Gasteiger partial charge in [0.1, 0.15) is 17.1 Å². The van der Waals surface area contributed by atoms with Crippen molar-refractivity contribution in [3.8, 4) is 11.5 Å². The molecule has 2 rings (SSSR count). The molecule has 0 amide bonds. The number of hydrogen-bond acceptors (Lipinski definition) is 4. The highest BCUT2D eigenvalue weighted by atomic mass is 16.5. The largest absolute Gasteiger partial charge is 0.507 e. The van der Waals surface area contributed by atoms with Crippen molar-refractivity contribution in [2.45, 2.75) is 13.3 Å². The zero-order valence-corrected chi connectivity index (χ0v) is 12.5. The number of phenolic OH excluding ortho intramolecular Hbond substituents is 2. The lowest BCUT2D eigenvalue weighted by atomic mass is 10.0. The molecule has 2 N–H and O–H groups in total. The van der Waals surface area contributed by atoms with E-state index in [1.807, 2.05) is 42.5 Å². The Balaban J connectivity index is 2.29. The van der Waals surface area contributed by atoms with Gasteiger partial charge in [-0.1, -0.05) is 42.5 Å². The second-order valence-electron chi connectivity index (χ2n) is 4.91. The molecule has 0 aliphatic rings. The lowest BCUT2D eigenvalue weighted by molar-refractivity contribution is 0.0597. The smallest absolute Gasteiger partial charge is 0.341 e. The molecule has 4 nitrogen and oxygen atoms in total. The summed E-state index contributed by atoms with van der Waals surface area (Å²) in [6.07, 6.45) is 4.26. The third-order valence-electron chi connectivity index (χ3n) is 3.44. The zero-order valence-electron chi connectivity index (χ0n) is 12.5. The minimum atomic E-state index is -0.631. The van der Waals surface area contributed by atoms with Gasteiger partial charge in [0, 0.05) is 5.56 Å². The third-order valence-corrected chi connectivity index (χ3v) is 3.44. The average molecular weight is 298 g/mol. The summed E-state index contributed by atoms with van der Waals surface area (Å²) in [5, 5.41) is 20.0. The second kappa shape index (κ2) is 6.80. The van der Waals surface area contributed by atoms with Gasteiger partial charge in [-0.3, -0.25) is 0 Å². The van der Waals surface area contributed by atoms with Crippen LogP contribution >= 0.6 is 0 Å². The van der Waals surface area contributed by atoms with E-state index in [1.54, 1.807) is 6.92 Å². The molecule has 0 fully saturated rings. The van der Waals surface area contributed by atoms with Gasteiger partial charge < -0.3 is 14.9 Å². The molecule has 0 bridgehead atoms. The highest BCUT2D eigenvalue weighted by molar-refractivity contribution is 5.93. The molecule has 0 radical (unpaired) electrons. The van der Waals surface area contributed by atoms with Crippen LogP contribution in [0.1, 0.15) is 27.0 Å². The van der Waals surface area contributed by atoms with Crippen LogP contribution in [0.4, 0.5) is 0 Å². The summed E-state index contributed by atoms with van der Waals surface area (Å²) < 4.78 is 4.64. The third kappa shape index (κ3) is 3.28. The van der Waals surface area contributed by atoms with Gasteiger partial charge in [-0.2, -0.15) is 0 Å². The summed E-state index contributed by atoms with van der Waals surface area (Å²) in [4.78, 5) is 11.7. The number of allylic oxidation sites excluding steroid dienone is 1. The first kappa shape index (κ1) is 15.6. The van der Waals surface area contributed by atoms with Gasteiger partial charge in [-0.15, -0.1) is 0 Å². The molecule has 0 atom stereocenters. The molecular weight excluding hydrogens is 280 g/mol. The maximum Gasteiger partial charge on any atom is 0.341 e. The van der Waals surface area contributed by atoms with Crippen molar-refractivity contribution in [1.82, 2.24) is 0 Å². The first-order chi connectivity index (χ1) is 10.5. The average Bonchev–Trinajstić information content (AvgIpc) is 2.55. The normalized spacial score (nSPS) is 10.8. The van der Waals surface area contributed by atoms with E-state index in [9.17, 15) is 15.0 Å². The van der Waals surface area contributed by atoms with E-state index in [0.29, 0.717) is 12.0 Å². The highest BCUT2D eigenvalue weighted by Crippen LogP contribution is 2.34. The molecule has 114 valence electrons. The van der Waals surface area contributed by atoms with Crippen molar-refractivity contribution in [3.63, 3.8) is 0 Å². The van der Waals surface area contributed by atoms with Crippen LogP contribution in [0.5, 0.6) is 11.5 Å². The van der Waals surface area contributed by atoms with E-state index in [1.165, 1.54) is 13.2 Å². The molecule has 22 heavy (non-hydrogen) atoms. The van der Waals surface area contributed by atoms with Crippen LogP contribution < -0.4 is 0 Å². The molecule has 0 aliphatic heterocycles. The molecule has 0 aromatic heterocycles. The van der Waals surface area contributed by atoms with E-state index >= 15 is 0 Å². The second-order valence-corrected chi connectivity index (χ2v) is 4.91. The van der Waals surface area contributed by atoms with Gasteiger partial charge in [-0.05, 0) is 30.5 Å². The fourth-order valence-electron chi connectivity index (χ4n) is 2.17. The van der Waals surface area contributed by atoms with E-state index in [-0.39, 0.29) is 22.6 Å². The molecule has 0 saturated heterocycles. The number of methoxy groups -OCH3 is 1. The van der Waals surface area contributed by atoms with Gasteiger partial charge in [-0.25, -0.2) is 4.79 Å². The SMILES string of the molecule is COC(=O)c1cc(C/C=C/c2ccccc2)c(O)c(C)c1O. The number of phenols is 2. The Morgan fingerprint density at radius 2 is 1.86 bits per heavy atom. The van der Waals surface area contributed by atoms with Crippen LogP contribution in [0.3, 0.4) is 0 Å². The predicted octanol–water partition coefficient (Wildman–Crippen LogP) is 3.45. The van der Waals surface area contributed by atoms with Crippen LogP contribution in [0.15, 0.2) is 42.5 Å². The molecule has 2 aromatic rings. The Hall–Kier alpha value is -2.75. The lowest BCUT2D eigenvalue weighted by Gasteiger charge is -2.11. The number of aromatic hydroxyl groups is 2. The molecular formula is C18H18O4. The number of carbonyl (C=O) groups is 1. The minimum absolute atomic E-state index is 0.0112. The van der Waals surface area contributed by atoms with Crippen molar-refractivity contribution in [1.29, 1.82) is 0 Å². The first-order valence-corrected chi connectivity index (χ1v) is 6.89. The topological polar surface area (TPSA) is 66.8 Å². The quantitative estimate of drug-likeness (QED) is 0.848. The molecule has 0 saturated carbocycles. The zero-order chi connectivity index (χ0) is 16.1. The Morgan fingerprint density at radius 3 is 2.50 bits per heavy atom. The van der Waals surface area contributed by atoms with Crippen molar-refractivity contribution in [2.24, 2.45) is 0 Å². The van der Waals surface area contributed by atoms with Crippen LogP contribution in [0.25, 0.3) is 6.08 Å². The number of hydrogen-bond donors (Lipinski definition) is 2. The molecule has 0 heterocycles. The number of carbonyl (C=O) groups excluding carboxylic acids is 1. The van der Waals surface area contributed by atoms with Crippen LogP contribution in [0.2, 0.25) is 0 Å². The van der Waals surface area contributed by atoms with Gasteiger partial charge in [0.2, 0.25) is 0 Å². The summed E-state index contributed by atoms with van der Waals surface area (Å²) >= 11 is 0. The Kier molecular flexibility index (Phi) is 4.84.